The van der Waals surface area contributed by atoms with Crippen molar-refractivity contribution in [3.63, 3.8) is 0 Å². The van der Waals surface area contributed by atoms with Crippen molar-refractivity contribution in [1.82, 2.24) is 13.9 Å². The van der Waals surface area contributed by atoms with Gasteiger partial charge >= 0.3 is 5.97 Å². The predicted molar refractivity (Wildman–Crippen MR) is 105 cm³/mol. The molecule has 2 fully saturated rings. The third-order valence-corrected chi connectivity index (χ3v) is 8.07. The highest BCUT2D eigenvalue weighted by Crippen LogP contribution is 2.34. The molecule has 152 valence electrons. The standard InChI is InChI=1S/C18H23N3O5S2/c1-3-21-15-5-4-13(28(23,24)20-6-8-25-9-7-20)11-14(15)19-18(21)27-16-10-12(2)26-17(16)22/h4-5,11-12,16H,3,6-10H2,1-2H3/t12-,16-/m0/s1. The second kappa shape index (κ2) is 7.66. The Labute approximate surface area is 168 Å². The van der Waals surface area contributed by atoms with E-state index in [0.29, 0.717) is 49.9 Å². The lowest BCUT2D eigenvalue weighted by molar-refractivity contribution is -0.140. The van der Waals surface area contributed by atoms with Gasteiger partial charge in [0.05, 0.1) is 29.1 Å². The SMILES string of the molecule is CCn1c(S[C@H]2C[C@H](C)OC2=O)nc2cc(S(=O)(=O)N3CCOCC3)ccc21. The average molecular weight is 426 g/mol. The molecule has 2 aliphatic rings. The fourth-order valence-electron chi connectivity index (χ4n) is 3.52. The van der Waals surface area contributed by atoms with E-state index in [1.807, 2.05) is 18.4 Å². The molecular weight excluding hydrogens is 402 g/mol. The fourth-order valence-corrected chi connectivity index (χ4v) is 6.23. The Morgan fingerprint density at radius 1 is 1.29 bits per heavy atom. The summed E-state index contributed by atoms with van der Waals surface area (Å²) in [5.41, 5.74) is 1.46. The largest absolute Gasteiger partial charge is 0.462 e. The molecule has 0 saturated carbocycles. The van der Waals surface area contributed by atoms with Crippen LogP contribution in [0.15, 0.2) is 28.3 Å². The number of hydrogen-bond acceptors (Lipinski definition) is 7. The second-order valence-electron chi connectivity index (χ2n) is 6.90. The van der Waals surface area contributed by atoms with Crippen molar-refractivity contribution < 1.29 is 22.7 Å². The minimum atomic E-state index is -3.58. The molecule has 0 radical (unpaired) electrons. The topological polar surface area (TPSA) is 90.7 Å². The Hall–Kier alpha value is -1.62. The van der Waals surface area contributed by atoms with Crippen LogP contribution >= 0.6 is 11.8 Å². The van der Waals surface area contributed by atoms with Gasteiger partial charge in [-0.05, 0) is 32.0 Å². The minimum Gasteiger partial charge on any atom is -0.462 e. The molecule has 4 rings (SSSR count). The van der Waals surface area contributed by atoms with Gasteiger partial charge in [0.15, 0.2) is 5.16 Å². The molecule has 2 atom stereocenters. The number of imidazole rings is 1. The first-order valence-corrected chi connectivity index (χ1v) is 11.7. The van der Waals surface area contributed by atoms with Crippen LogP contribution in [-0.4, -0.2) is 65.9 Å². The molecule has 2 aliphatic heterocycles. The van der Waals surface area contributed by atoms with E-state index in [1.165, 1.54) is 16.1 Å². The highest BCUT2D eigenvalue weighted by molar-refractivity contribution is 8.00. The Morgan fingerprint density at radius 3 is 2.68 bits per heavy atom. The van der Waals surface area contributed by atoms with E-state index in [4.69, 9.17) is 9.47 Å². The maximum atomic E-state index is 12.9. The monoisotopic (exact) mass is 425 g/mol. The van der Waals surface area contributed by atoms with Crippen LogP contribution in [0.3, 0.4) is 0 Å². The van der Waals surface area contributed by atoms with Crippen LogP contribution in [0, 0.1) is 0 Å². The molecule has 28 heavy (non-hydrogen) atoms. The Morgan fingerprint density at radius 2 is 2.04 bits per heavy atom. The highest BCUT2D eigenvalue weighted by Gasteiger charge is 2.34. The van der Waals surface area contributed by atoms with Crippen molar-refractivity contribution in [3.8, 4) is 0 Å². The molecule has 3 heterocycles. The number of aryl methyl sites for hydroxylation is 1. The zero-order valence-electron chi connectivity index (χ0n) is 15.8. The normalized spacial score (nSPS) is 24.0. The molecule has 0 amide bonds. The number of morpholine rings is 1. The summed E-state index contributed by atoms with van der Waals surface area (Å²) in [6.45, 7) is 6.07. The third kappa shape index (κ3) is 3.54. The van der Waals surface area contributed by atoms with E-state index in [2.05, 4.69) is 4.98 Å². The number of aromatic nitrogens is 2. The first-order valence-electron chi connectivity index (χ1n) is 9.35. The number of cyclic esters (lactones) is 1. The van der Waals surface area contributed by atoms with Crippen LogP contribution in [0.1, 0.15) is 20.3 Å². The number of ether oxygens (including phenoxy) is 2. The summed E-state index contributed by atoms with van der Waals surface area (Å²) in [6, 6.07) is 5.03. The van der Waals surface area contributed by atoms with E-state index >= 15 is 0 Å². The summed E-state index contributed by atoms with van der Waals surface area (Å²) >= 11 is 1.38. The van der Waals surface area contributed by atoms with E-state index in [1.54, 1.807) is 18.2 Å². The van der Waals surface area contributed by atoms with Crippen LogP contribution in [0.5, 0.6) is 0 Å². The van der Waals surface area contributed by atoms with Gasteiger partial charge in [-0.1, -0.05) is 11.8 Å². The Bertz CT molecular complexity index is 998. The molecule has 1 aromatic heterocycles. The van der Waals surface area contributed by atoms with E-state index in [9.17, 15) is 13.2 Å². The highest BCUT2D eigenvalue weighted by atomic mass is 32.2. The van der Waals surface area contributed by atoms with E-state index < -0.39 is 10.0 Å². The number of sulfonamides is 1. The first-order chi connectivity index (χ1) is 13.4. The number of carbonyl (C=O) groups is 1. The van der Waals surface area contributed by atoms with Crippen LogP contribution in [-0.2, 0) is 30.8 Å². The van der Waals surface area contributed by atoms with Gasteiger partial charge in [-0.15, -0.1) is 0 Å². The summed E-state index contributed by atoms with van der Waals surface area (Å²) in [5.74, 6) is -0.220. The molecular formula is C18H23N3O5S2. The molecule has 2 aromatic rings. The number of thioether (sulfide) groups is 1. The average Bonchev–Trinajstić information content (AvgIpc) is 3.20. The second-order valence-corrected chi connectivity index (χ2v) is 10.0. The van der Waals surface area contributed by atoms with E-state index in [-0.39, 0.29) is 22.2 Å². The number of benzene rings is 1. The smallest absolute Gasteiger partial charge is 0.319 e. The lowest BCUT2D eigenvalue weighted by atomic mass is 10.3. The number of nitrogens with zero attached hydrogens (tertiary/aromatic N) is 3. The zero-order chi connectivity index (χ0) is 19.9. The Balaban J connectivity index is 1.67. The maximum Gasteiger partial charge on any atom is 0.319 e. The van der Waals surface area contributed by atoms with Crippen molar-refractivity contribution in [2.45, 2.75) is 48.2 Å². The molecule has 0 aliphatic carbocycles. The van der Waals surface area contributed by atoms with Crippen LogP contribution in [0.25, 0.3) is 11.0 Å². The van der Waals surface area contributed by atoms with Gasteiger partial charge in [0, 0.05) is 26.1 Å². The maximum absolute atomic E-state index is 12.9. The van der Waals surface area contributed by atoms with Gasteiger partial charge in [0.1, 0.15) is 11.4 Å². The van der Waals surface area contributed by atoms with Gasteiger partial charge in [-0.3, -0.25) is 4.79 Å². The number of hydrogen-bond donors (Lipinski definition) is 0. The van der Waals surface area contributed by atoms with Gasteiger partial charge in [-0.2, -0.15) is 4.31 Å². The fraction of sp³-hybridized carbons (Fsp3) is 0.556. The number of fused-ring (bicyclic) bond motifs is 1. The quantitative estimate of drug-likeness (QED) is 0.676. The van der Waals surface area contributed by atoms with Crippen molar-refractivity contribution in [3.05, 3.63) is 18.2 Å². The number of esters is 1. The van der Waals surface area contributed by atoms with Crippen LogP contribution in [0.4, 0.5) is 0 Å². The molecule has 0 bridgehead atoms. The van der Waals surface area contributed by atoms with Crippen molar-refractivity contribution in [2.75, 3.05) is 26.3 Å². The van der Waals surface area contributed by atoms with Gasteiger partial charge in [-0.25, -0.2) is 13.4 Å². The molecule has 0 N–H and O–H groups in total. The minimum absolute atomic E-state index is 0.0882. The van der Waals surface area contributed by atoms with Gasteiger partial charge in [0.25, 0.3) is 0 Å². The van der Waals surface area contributed by atoms with Crippen LogP contribution in [0.2, 0.25) is 0 Å². The lowest BCUT2D eigenvalue weighted by Gasteiger charge is -2.26. The van der Waals surface area contributed by atoms with Gasteiger partial charge < -0.3 is 14.0 Å². The van der Waals surface area contributed by atoms with E-state index in [0.717, 1.165) is 5.52 Å². The van der Waals surface area contributed by atoms with Crippen LogP contribution < -0.4 is 0 Å². The summed E-state index contributed by atoms with van der Waals surface area (Å²) in [6.07, 6.45) is 0.558. The number of carbonyl (C=O) groups excluding carboxylic acids is 1. The van der Waals surface area contributed by atoms with Crippen molar-refractivity contribution in [1.29, 1.82) is 0 Å². The summed E-state index contributed by atoms with van der Waals surface area (Å²) in [7, 11) is -3.58. The molecule has 0 unspecified atom stereocenters. The lowest BCUT2D eigenvalue weighted by Crippen LogP contribution is -2.40. The molecule has 0 spiro atoms. The summed E-state index contributed by atoms with van der Waals surface area (Å²) in [5, 5.41) is 0.420. The summed E-state index contributed by atoms with van der Waals surface area (Å²) in [4.78, 5) is 16.9. The number of rotatable bonds is 5. The first kappa shape index (κ1) is 19.7. The molecule has 10 heteroatoms. The molecule has 2 saturated heterocycles. The predicted octanol–water partition coefficient (Wildman–Crippen LogP) is 1.87. The summed E-state index contributed by atoms with van der Waals surface area (Å²) < 4.78 is 39.8. The third-order valence-electron chi connectivity index (χ3n) is 4.98. The van der Waals surface area contributed by atoms with Crippen molar-refractivity contribution >= 4 is 38.8 Å². The molecule has 8 nitrogen and oxygen atoms in total. The molecule has 1 aromatic carbocycles. The zero-order valence-corrected chi connectivity index (χ0v) is 17.5. The van der Waals surface area contributed by atoms with Gasteiger partial charge in [0.2, 0.25) is 10.0 Å². The van der Waals surface area contributed by atoms with Crippen molar-refractivity contribution in [2.24, 2.45) is 0 Å². The Kier molecular flexibility index (Phi) is 5.38.